The van der Waals surface area contributed by atoms with Crippen molar-refractivity contribution in [2.75, 3.05) is 7.11 Å². The Hall–Kier alpha value is -1.85. The molecule has 0 saturated heterocycles. The molecule has 0 saturated carbocycles. The molecule has 0 spiro atoms. The van der Waals surface area contributed by atoms with E-state index in [1.807, 2.05) is 6.07 Å². The molecule has 0 atom stereocenters. The van der Waals surface area contributed by atoms with Crippen molar-refractivity contribution in [2.45, 2.75) is 19.5 Å². The van der Waals surface area contributed by atoms with Gasteiger partial charge in [-0.15, -0.1) is 0 Å². The predicted molar refractivity (Wildman–Crippen MR) is 98.5 cm³/mol. The van der Waals surface area contributed by atoms with Crippen LogP contribution in [-0.2, 0) is 19.6 Å². The van der Waals surface area contributed by atoms with Gasteiger partial charge in [0.2, 0.25) is 0 Å². The summed E-state index contributed by atoms with van der Waals surface area (Å²) in [6.45, 7) is 1.67. The number of ether oxygens (including phenoxy) is 1. The highest BCUT2D eigenvalue weighted by atomic mass is 35.5. The second-order valence-electron chi connectivity index (χ2n) is 6.14. The van der Waals surface area contributed by atoms with Gasteiger partial charge < -0.3 is 9.30 Å². The van der Waals surface area contributed by atoms with E-state index < -0.39 is 11.7 Å². The maximum atomic E-state index is 13.1. The lowest BCUT2D eigenvalue weighted by atomic mass is 10.1. The molecule has 3 aromatic rings. The van der Waals surface area contributed by atoms with Gasteiger partial charge in [-0.05, 0) is 48.4 Å². The van der Waals surface area contributed by atoms with E-state index >= 15 is 0 Å². The normalized spacial score (nSPS) is 12.0. The Bertz CT molecular complexity index is 993. The van der Waals surface area contributed by atoms with Crippen molar-refractivity contribution >= 4 is 34.1 Å². The number of aromatic nitrogens is 1. The highest BCUT2D eigenvalue weighted by Gasteiger charge is 2.31. The summed E-state index contributed by atoms with van der Waals surface area (Å²) in [4.78, 5) is 0. The average Bonchev–Trinajstić information content (AvgIpc) is 2.88. The maximum absolute atomic E-state index is 13.1. The van der Waals surface area contributed by atoms with E-state index in [-0.39, 0.29) is 0 Å². The zero-order valence-electron chi connectivity index (χ0n) is 14.3. The lowest BCUT2D eigenvalue weighted by molar-refractivity contribution is -0.137. The molecule has 0 unspecified atom stereocenters. The van der Waals surface area contributed by atoms with Gasteiger partial charge in [-0.25, -0.2) is 0 Å². The first-order valence-electron chi connectivity index (χ1n) is 7.80. The van der Waals surface area contributed by atoms with Gasteiger partial charge in [-0.1, -0.05) is 23.2 Å². The van der Waals surface area contributed by atoms with Crippen LogP contribution in [0.4, 0.5) is 13.2 Å². The van der Waals surface area contributed by atoms with Crippen LogP contribution >= 0.6 is 23.2 Å². The number of hydrogen-bond acceptors (Lipinski definition) is 1. The van der Waals surface area contributed by atoms with Gasteiger partial charge in [0.1, 0.15) is 5.75 Å². The van der Waals surface area contributed by atoms with Gasteiger partial charge in [0.15, 0.2) is 0 Å². The first-order valence-corrected chi connectivity index (χ1v) is 8.56. The lowest BCUT2D eigenvalue weighted by Crippen LogP contribution is -2.06. The van der Waals surface area contributed by atoms with Crippen molar-refractivity contribution in [3.05, 3.63) is 62.8 Å². The Balaban J connectivity index is 2.13. The van der Waals surface area contributed by atoms with Gasteiger partial charge in [0.25, 0.3) is 0 Å². The second kappa shape index (κ2) is 6.71. The Morgan fingerprint density at radius 2 is 1.81 bits per heavy atom. The summed E-state index contributed by atoms with van der Waals surface area (Å²) >= 11 is 12.6. The number of alkyl halides is 3. The molecule has 1 aromatic heterocycles. The molecule has 26 heavy (non-hydrogen) atoms. The zero-order chi connectivity index (χ0) is 19.2. The first-order chi connectivity index (χ1) is 12.1. The Kier molecular flexibility index (Phi) is 4.88. The van der Waals surface area contributed by atoms with E-state index in [1.165, 1.54) is 13.2 Å². The van der Waals surface area contributed by atoms with E-state index in [0.29, 0.717) is 38.9 Å². The molecule has 0 radical (unpaired) electrons. The molecular formula is C19H16Cl2F3NO. The number of fused-ring (bicyclic) bond motifs is 1. The molecule has 0 fully saturated rings. The molecule has 3 rings (SSSR count). The van der Waals surface area contributed by atoms with E-state index in [0.717, 1.165) is 17.1 Å². The van der Waals surface area contributed by atoms with E-state index in [2.05, 4.69) is 0 Å². The van der Waals surface area contributed by atoms with Gasteiger partial charge in [-0.3, -0.25) is 0 Å². The van der Waals surface area contributed by atoms with Crippen molar-refractivity contribution < 1.29 is 17.9 Å². The molecule has 0 amide bonds. The second-order valence-corrected chi connectivity index (χ2v) is 6.92. The smallest absolute Gasteiger partial charge is 0.416 e. The van der Waals surface area contributed by atoms with Crippen LogP contribution < -0.4 is 4.74 Å². The fourth-order valence-corrected chi connectivity index (χ4v) is 3.65. The number of hydrogen-bond donors (Lipinski definition) is 0. The molecular weight excluding hydrogens is 386 g/mol. The third-order valence-electron chi connectivity index (χ3n) is 4.52. The van der Waals surface area contributed by atoms with Crippen molar-refractivity contribution in [1.82, 2.24) is 4.57 Å². The Labute approximate surface area is 159 Å². The fourth-order valence-electron chi connectivity index (χ4n) is 3.07. The molecule has 0 N–H and O–H groups in total. The molecule has 138 valence electrons. The standard InChI is InChI=1S/C19H16Cl2F3NO/c1-10-6-11(19(22,23)24)7-16-13(10)8-12(25(16)2)9-14-15(20)4-5-17(26-3)18(14)21/h4-8H,9H2,1-3H3. The number of nitrogens with zero attached hydrogens (tertiary/aromatic N) is 1. The van der Waals surface area contributed by atoms with E-state index in [4.69, 9.17) is 27.9 Å². The van der Waals surface area contributed by atoms with E-state index in [1.54, 1.807) is 30.7 Å². The third kappa shape index (κ3) is 3.26. The summed E-state index contributed by atoms with van der Waals surface area (Å²) in [6, 6.07) is 7.57. The average molecular weight is 402 g/mol. The van der Waals surface area contributed by atoms with Crippen molar-refractivity contribution in [1.29, 1.82) is 0 Å². The predicted octanol–water partition coefficient (Wildman–Crippen LogP) is 6.41. The van der Waals surface area contributed by atoms with Crippen molar-refractivity contribution in [2.24, 2.45) is 7.05 Å². The molecule has 1 heterocycles. The fraction of sp³-hybridized carbons (Fsp3) is 0.263. The quantitative estimate of drug-likeness (QED) is 0.494. The number of aryl methyl sites for hydroxylation is 2. The SMILES string of the molecule is COc1ccc(Cl)c(Cc2cc3c(C)cc(C(F)(F)F)cc3n2C)c1Cl. The van der Waals surface area contributed by atoms with E-state index in [9.17, 15) is 13.2 Å². The maximum Gasteiger partial charge on any atom is 0.416 e. The molecule has 0 aliphatic rings. The lowest BCUT2D eigenvalue weighted by Gasteiger charge is -2.12. The minimum Gasteiger partial charge on any atom is -0.495 e. The minimum atomic E-state index is -4.39. The summed E-state index contributed by atoms with van der Waals surface area (Å²) in [5.41, 5.74) is 1.90. The summed E-state index contributed by atoms with van der Waals surface area (Å²) in [5, 5.41) is 1.65. The van der Waals surface area contributed by atoms with Crippen LogP contribution in [0.15, 0.2) is 30.3 Å². The summed E-state index contributed by atoms with van der Waals surface area (Å²) in [5.74, 6) is 0.500. The summed E-state index contributed by atoms with van der Waals surface area (Å²) in [7, 11) is 3.25. The van der Waals surface area contributed by atoms with Gasteiger partial charge in [0, 0.05) is 35.1 Å². The molecule has 2 nitrogen and oxygen atoms in total. The molecule has 2 aromatic carbocycles. The van der Waals surface area contributed by atoms with Crippen molar-refractivity contribution in [3.63, 3.8) is 0 Å². The summed E-state index contributed by atoms with van der Waals surface area (Å²) in [6.07, 6.45) is -4.01. The van der Waals surface area contributed by atoms with Crippen molar-refractivity contribution in [3.8, 4) is 5.75 Å². The number of methoxy groups -OCH3 is 1. The van der Waals surface area contributed by atoms with Gasteiger partial charge in [-0.2, -0.15) is 13.2 Å². The van der Waals surface area contributed by atoms with Crippen LogP contribution in [0.5, 0.6) is 5.75 Å². The minimum absolute atomic E-state index is 0.376. The number of halogens is 5. The van der Waals surface area contributed by atoms with Crippen LogP contribution in [-0.4, -0.2) is 11.7 Å². The summed E-state index contributed by atoms with van der Waals surface area (Å²) < 4.78 is 46.3. The largest absolute Gasteiger partial charge is 0.495 e. The third-order valence-corrected chi connectivity index (χ3v) is 5.29. The highest BCUT2D eigenvalue weighted by Crippen LogP contribution is 2.37. The van der Waals surface area contributed by atoms with Crippen LogP contribution in [0, 0.1) is 6.92 Å². The van der Waals surface area contributed by atoms with Gasteiger partial charge >= 0.3 is 6.18 Å². The van der Waals surface area contributed by atoms with Crippen LogP contribution in [0.3, 0.4) is 0 Å². The Morgan fingerprint density at radius 3 is 2.42 bits per heavy atom. The molecule has 0 aliphatic carbocycles. The van der Waals surface area contributed by atoms with Crippen LogP contribution in [0.25, 0.3) is 10.9 Å². The molecule has 7 heteroatoms. The molecule has 0 aliphatic heterocycles. The molecule has 0 bridgehead atoms. The first kappa shape index (κ1) is 18.9. The van der Waals surface area contributed by atoms with Gasteiger partial charge in [0.05, 0.1) is 17.7 Å². The monoisotopic (exact) mass is 401 g/mol. The zero-order valence-corrected chi connectivity index (χ0v) is 15.9. The van der Waals surface area contributed by atoms with Crippen LogP contribution in [0.2, 0.25) is 10.0 Å². The number of rotatable bonds is 3. The Morgan fingerprint density at radius 1 is 1.12 bits per heavy atom. The number of benzene rings is 2. The topological polar surface area (TPSA) is 14.2 Å². The highest BCUT2D eigenvalue weighted by molar-refractivity contribution is 6.37. The van der Waals surface area contributed by atoms with Crippen LogP contribution in [0.1, 0.15) is 22.4 Å².